The lowest BCUT2D eigenvalue weighted by Gasteiger charge is -2.37. The maximum atomic E-state index is 12.8. The molecule has 0 saturated carbocycles. The van der Waals surface area contributed by atoms with E-state index in [0.29, 0.717) is 12.0 Å². The van der Waals surface area contributed by atoms with Gasteiger partial charge in [-0.1, -0.05) is 44.4 Å². The van der Waals surface area contributed by atoms with Gasteiger partial charge in [0.15, 0.2) is 0 Å². The number of rotatable bonds is 6. The van der Waals surface area contributed by atoms with Crippen molar-refractivity contribution in [1.82, 2.24) is 14.9 Å². The molecule has 3 fully saturated rings. The smallest absolute Gasteiger partial charge is 0.135 e. The van der Waals surface area contributed by atoms with Crippen LogP contribution in [0.5, 0.6) is 0 Å². The number of nitrogens with zero attached hydrogens (tertiary/aromatic N) is 4. The van der Waals surface area contributed by atoms with Gasteiger partial charge in [0, 0.05) is 53.6 Å². The summed E-state index contributed by atoms with van der Waals surface area (Å²) in [6.07, 6.45) is 15.6. The van der Waals surface area contributed by atoms with Crippen LogP contribution < -0.4 is 10.6 Å². The lowest BCUT2D eigenvalue weighted by Crippen LogP contribution is -2.34. The summed E-state index contributed by atoms with van der Waals surface area (Å²) in [6, 6.07) is 5.89. The molecule has 2 N–H and O–H groups in total. The second-order valence-electron chi connectivity index (χ2n) is 13.7. The second-order valence-corrected chi connectivity index (χ2v) is 14.1. The topological polar surface area (TPSA) is 58.3 Å². The number of benzene rings is 1. The normalized spacial score (nSPS) is 28.0. The van der Waals surface area contributed by atoms with Gasteiger partial charge in [-0.2, -0.15) is 0 Å². The zero-order valence-electron chi connectivity index (χ0n) is 25.7. The van der Waals surface area contributed by atoms with Crippen LogP contribution in [0, 0.1) is 5.41 Å². The molecule has 226 valence electrons. The molecule has 0 amide bonds. The minimum absolute atomic E-state index is 0.236. The number of hydrogen-bond donors (Lipinski definition) is 1. The molecule has 1 aromatic carbocycles. The Balaban J connectivity index is 0.000000282. The van der Waals surface area contributed by atoms with Crippen LogP contribution in [0.1, 0.15) is 108 Å². The predicted octanol–water partition coefficient (Wildman–Crippen LogP) is 7.76. The Kier molecular flexibility index (Phi) is 9.80. The molecule has 1 aromatic heterocycles. The monoisotopic (exact) mass is 583 g/mol. The third kappa shape index (κ3) is 7.36. The fourth-order valence-corrected chi connectivity index (χ4v) is 7.96. The van der Waals surface area contributed by atoms with E-state index in [0.717, 1.165) is 74.7 Å². The van der Waals surface area contributed by atoms with Gasteiger partial charge in [-0.25, -0.2) is 14.4 Å². The van der Waals surface area contributed by atoms with Gasteiger partial charge >= 0.3 is 0 Å². The highest BCUT2D eigenvalue weighted by atomic mass is 35.5. The second kappa shape index (κ2) is 13.2. The number of halogens is 2. The van der Waals surface area contributed by atoms with E-state index in [1.165, 1.54) is 74.0 Å². The minimum Gasteiger partial charge on any atom is -0.399 e. The summed E-state index contributed by atoms with van der Waals surface area (Å²) in [6.45, 7) is 10.9. The molecule has 41 heavy (non-hydrogen) atoms. The van der Waals surface area contributed by atoms with Gasteiger partial charge in [-0.15, -0.1) is 0 Å². The molecule has 4 aliphatic rings. The highest BCUT2D eigenvalue weighted by molar-refractivity contribution is 6.31. The lowest BCUT2D eigenvalue weighted by atomic mass is 9.71. The van der Waals surface area contributed by atoms with E-state index in [4.69, 9.17) is 27.3 Å². The van der Waals surface area contributed by atoms with Crippen molar-refractivity contribution in [1.29, 1.82) is 0 Å². The van der Waals surface area contributed by atoms with Crippen molar-refractivity contribution in [2.24, 2.45) is 5.41 Å². The highest BCUT2D eigenvalue weighted by Crippen LogP contribution is 2.42. The van der Waals surface area contributed by atoms with Crippen LogP contribution in [0.3, 0.4) is 0 Å². The largest absolute Gasteiger partial charge is 0.399 e. The minimum atomic E-state index is -0.551. The fourth-order valence-electron chi connectivity index (χ4n) is 7.68. The Morgan fingerprint density at radius 3 is 2.54 bits per heavy atom. The van der Waals surface area contributed by atoms with Gasteiger partial charge in [0.05, 0.1) is 0 Å². The molecule has 0 radical (unpaired) electrons. The summed E-state index contributed by atoms with van der Waals surface area (Å²) >= 11 is 6.39. The molecule has 7 heteroatoms. The number of anilines is 2. The number of fused-ring (bicyclic) bond motifs is 2. The summed E-state index contributed by atoms with van der Waals surface area (Å²) < 4.78 is 12.8. The Hall–Kier alpha value is -1.92. The van der Waals surface area contributed by atoms with Crippen LogP contribution in [0.15, 0.2) is 18.2 Å². The SMILES string of the molecule is CC12CCCN1CC(F)C2.CCc1nc2c(c(N3CCCCCC3)n1)CCC(C)(CCCc1ccc(N)cc1Cl)C2. The van der Waals surface area contributed by atoms with Crippen LogP contribution in [0.4, 0.5) is 15.9 Å². The standard InChI is InChI=1S/C26H37ClN4.C8H14FN/c1-3-24-29-23-18-26(2,13-8-9-19-10-11-20(28)17-22(19)27)14-12-21(23)25(30-24)31-15-6-4-5-7-16-31;1-8-3-2-4-10(8)6-7(9)5-8/h10-11,17H,3-9,12-16,18,28H2,1-2H3;7H,2-6H2,1H3. The summed E-state index contributed by atoms with van der Waals surface area (Å²) in [7, 11) is 0. The Morgan fingerprint density at radius 1 is 1.05 bits per heavy atom. The molecule has 2 aromatic rings. The van der Waals surface area contributed by atoms with E-state index in [9.17, 15) is 4.39 Å². The summed E-state index contributed by atoms with van der Waals surface area (Å²) in [5.41, 5.74) is 11.0. The summed E-state index contributed by atoms with van der Waals surface area (Å²) in [5.74, 6) is 2.26. The molecule has 3 atom stereocenters. The Bertz CT molecular complexity index is 1180. The van der Waals surface area contributed by atoms with Crippen molar-refractivity contribution >= 4 is 23.1 Å². The van der Waals surface area contributed by atoms with Crippen LogP contribution >= 0.6 is 11.6 Å². The van der Waals surface area contributed by atoms with Crippen molar-refractivity contribution in [3.8, 4) is 0 Å². The third-order valence-electron chi connectivity index (χ3n) is 10.2. The number of alkyl halides is 1. The average Bonchev–Trinajstić information content (AvgIpc) is 3.27. The molecule has 1 aliphatic carbocycles. The van der Waals surface area contributed by atoms with Crippen molar-refractivity contribution in [2.45, 2.75) is 122 Å². The van der Waals surface area contributed by atoms with Gasteiger partial charge in [-0.05, 0) is 107 Å². The van der Waals surface area contributed by atoms with Gasteiger partial charge in [0.1, 0.15) is 17.8 Å². The Morgan fingerprint density at radius 2 is 1.83 bits per heavy atom. The van der Waals surface area contributed by atoms with Crippen molar-refractivity contribution in [2.75, 3.05) is 36.8 Å². The van der Waals surface area contributed by atoms with Crippen LogP contribution in [-0.4, -0.2) is 52.8 Å². The third-order valence-corrected chi connectivity index (χ3v) is 10.6. The van der Waals surface area contributed by atoms with E-state index < -0.39 is 6.17 Å². The number of aromatic nitrogens is 2. The molecule has 3 aliphatic heterocycles. The van der Waals surface area contributed by atoms with Gasteiger partial charge in [0.25, 0.3) is 0 Å². The molecular formula is C34H51ClFN5. The molecule has 5 nitrogen and oxygen atoms in total. The number of hydrogen-bond acceptors (Lipinski definition) is 5. The van der Waals surface area contributed by atoms with Gasteiger partial charge in [-0.3, -0.25) is 4.90 Å². The van der Waals surface area contributed by atoms with E-state index >= 15 is 0 Å². The van der Waals surface area contributed by atoms with Crippen molar-refractivity contribution in [3.63, 3.8) is 0 Å². The van der Waals surface area contributed by atoms with Crippen LogP contribution in [-0.2, 0) is 25.7 Å². The van der Waals surface area contributed by atoms with Crippen LogP contribution in [0.2, 0.25) is 5.02 Å². The van der Waals surface area contributed by atoms with Crippen LogP contribution in [0.25, 0.3) is 0 Å². The first kappa shape index (κ1) is 30.5. The lowest BCUT2D eigenvalue weighted by molar-refractivity contribution is 0.217. The molecule has 4 heterocycles. The van der Waals surface area contributed by atoms with E-state index in [2.05, 4.69) is 36.6 Å². The molecule has 3 unspecified atom stereocenters. The molecule has 0 spiro atoms. The number of nitrogen functional groups attached to an aromatic ring is 1. The molecule has 6 rings (SSSR count). The molecular weight excluding hydrogens is 533 g/mol. The predicted molar refractivity (Wildman–Crippen MR) is 170 cm³/mol. The zero-order chi connectivity index (χ0) is 29.0. The number of nitrogens with two attached hydrogens (primary N) is 1. The molecule has 0 bridgehead atoms. The number of aryl methyl sites for hydroxylation is 2. The van der Waals surface area contributed by atoms with Gasteiger partial charge < -0.3 is 10.6 Å². The van der Waals surface area contributed by atoms with Crippen molar-refractivity contribution < 1.29 is 4.39 Å². The first-order valence-corrected chi connectivity index (χ1v) is 16.6. The fraction of sp³-hybridized carbons (Fsp3) is 0.706. The van der Waals surface area contributed by atoms with E-state index in [1.807, 2.05) is 12.1 Å². The first-order valence-electron chi connectivity index (χ1n) is 16.2. The maximum absolute atomic E-state index is 12.8. The molecule has 3 saturated heterocycles. The van der Waals surface area contributed by atoms with Gasteiger partial charge in [0.2, 0.25) is 0 Å². The maximum Gasteiger partial charge on any atom is 0.135 e. The van der Waals surface area contributed by atoms with E-state index in [1.54, 1.807) is 0 Å². The Labute approximate surface area is 252 Å². The zero-order valence-corrected chi connectivity index (χ0v) is 26.4. The summed E-state index contributed by atoms with van der Waals surface area (Å²) in [4.78, 5) is 14.9. The average molecular weight is 584 g/mol. The highest BCUT2D eigenvalue weighted by Gasteiger charge is 2.44. The van der Waals surface area contributed by atoms with E-state index in [-0.39, 0.29) is 5.54 Å². The summed E-state index contributed by atoms with van der Waals surface area (Å²) in [5, 5.41) is 0.793. The first-order chi connectivity index (χ1) is 19.7. The quantitative estimate of drug-likeness (QED) is 0.352. The van der Waals surface area contributed by atoms with Crippen molar-refractivity contribution in [3.05, 3.63) is 45.9 Å².